The largest absolute Gasteiger partial charge is 0.481 e. The monoisotopic (exact) mass is 410 g/mol. The van der Waals surface area contributed by atoms with Gasteiger partial charge in [0.2, 0.25) is 11.8 Å². The van der Waals surface area contributed by atoms with Crippen LogP contribution in [0.5, 0.6) is 5.75 Å². The van der Waals surface area contributed by atoms with Gasteiger partial charge in [0.05, 0.1) is 0 Å². The maximum atomic E-state index is 12.2. The maximum Gasteiger partial charge on any atom is 0.279 e. The van der Waals surface area contributed by atoms with Crippen LogP contribution < -0.4 is 15.6 Å². The molecule has 1 aromatic heterocycles. The number of aromatic nitrogens is 2. The zero-order chi connectivity index (χ0) is 21.5. The van der Waals surface area contributed by atoms with Crippen LogP contribution >= 0.6 is 0 Å². The molecule has 0 aliphatic rings. The summed E-state index contributed by atoms with van der Waals surface area (Å²) in [5, 5.41) is 6.00. The predicted molar refractivity (Wildman–Crippen MR) is 112 cm³/mol. The van der Waals surface area contributed by atoms with Crippen LogP contribution in [-0.4, -0.2) is 28.1 Å². The van der Waals surface area contributed by atoms with E-state index >= 15 is 0 Å². The third-order valence-corrected chi connectivity index (χ3v) is 4.52. The highest BCUT2D eigenvalue weighted by Gasteiger charge is 2.16. The average Bonchev–Trinajstić information content (AvgIpc) is 3.21. The third-order valence-electron chi connectivity index (χ3n) is 4.52. The second-order valence-electron chi connectivity index (χ2n) is 7.36. The molecule has 1 atom stereocenters. The Morgan fingerprint density at radius 2 is 1.83 bits per heavy atom. The molecule has 8 nitrogen and oxygen atoms in total. The van der Waals surface area contributed by atoms with Gasteiger partial charge in [0.25, 0.3) is 5.91 Å². The molecule has 0 saturated heterocycles. The van der Waals surface area contributed by atoms with Gasteiger partial charge in [-0.3, -0.25) is 20.4 Å². The van der Waals surface area contributed by atoms with Gasteiger partial charge in [-0.2, -0.15) is 4.98 Å². The number of carbonyl (C=O) groups is 2. The number of rotatable bonds is 8. The van der Waals surface area contributed by atoms with E-state index < -0.39 is 12.0 Å². The van der Waals surface area contributed by atoms with E-state index in [1.54, 1.807) is 6.92 Å². The van der Waals surface area contributed by atoms with E-state index in [4.69, 9.17) is 9.26 Å². The van der Waals surface area contributed by atoms with E-state index in [1.807, 2.05) is 56.3 Å². The number of hydrogen-bond acceptors (Lipinski definition) is 6. The normalized spacial score (nSPS) is 12.0. The minimum Gasteiger partial charge on any atom is -0.481 e. The molecule has 0 spiro atoms. The molecule has 0 radical (unpaired) electrons. The van der Waals surface area contributed by atoms with Crippen molar-refractivity contribution in [3.8, 4) is 5.75 Å². The van der Waals surface area contributed by atoms with Crippen LogP contribution in [0.4, 0.5) is 0 Å². The Balaban J connectivity index is 1.39. The molecule has 3 aromatic rings. The fourth-order valence-corrected chi connectivity index (χ4v) is 2.80. The molecule has 0 aliphatic heterocycles. The molecular weight excluding hydrogens is 384 g/mol. The molecule has 1 unspecified atom stereocenters. The number of amides is 2. The first-order valence-corrected chi connectivity index (χ1v) is 9.99. The van der Waals surface area contributed by atoms with Crippen molar-refractivity contribution in [2.45, 2.75) is 52.1 Å². The second kappa shape index (κ2) is 9.87. The lowest BCUT2D eigenvalue weighted by atomic mass is 10.1. The fraction of sp³-hybridized carbons (Fsp3) is 0.364. The molecule has 2 aromatic carbocycles. The standard InChI is InChI=1S/C22H26N4O4/c1-14(2)21-23-20(30-26-21)10-6-9-19(27)24-25-22(28)15(3)29-18-12-11-16-7-4-5-8-17(16)13-18/h4-5,7-8,11-15H,6,9-10H2,1-3H3,(H,24,27)(H,25,28). The number of carbonyl (C=O) groups excluding carboxylic acids is 2. The summed E-state index contributed by atoms with van der Waals surface area (Å²) < 4.78 is 10.8. The lowest BCUT2D eigenvalue weighted by molar-refractivity contribution is -0.132. The van der Waals surface area contributed by atoms with E-state index in [-0.39, 0.29) is 18.2 Å². The number of fused-ring (bicyclic) bond motifs is 1. The molecule has 158 valence electrons. The first-order chi connectivity index (χ1) is 14.4. The summed E-state index contributed by atoms with van der Waals surface area (Å²) in [7, 11) is 0. The van der Waals surface area contributed by atoms with Crippen molar-refractivity contribution in [3.05, 3.63) is 54.2 Å². The Morgan fingerprint density at radius 1 is 1.07 bits per heavy atom. The number of aryl methyl sites for hydroxylation is 1. The van der Waals surface area contributed by atoms with Crippen molar-refractivity contribution in [3.63, 3.8) is 0 Å². The molecule has 0 fully saturated rings. The second-order valence-corrected chi connectivity index (χ2v) is 7.36. The molecule has 1 heterocycles. The Hall–Kier alpha value is -3.42. The van der Waals surface area contributed by atoms with Gasteiger partial charge in [-0.1, -0.05) is 49.3 Å². The Kier molecular flexibility index (Phi) is 7.00. The number of hydrogen-bond donors (Lipinski definition) is 2. The van der Waals surface area contributed by atoms with Gasteiger partial charge in [0, 0.05) is 18.8 Å². The summed E-state index contributed by atoms with van der Waals surface area (Å²) in [6.45, 7) is 5.59. The van der Waals surface area contributed by atoms with Crippen molar-refractivity contribution in [1.29, 1.82) is 0 Å². The first kappa shape index (κ1) is 21.3. The molecule has 0 bridgehead atoms. The lowest BCUT2D eigenvalue weighted by Crippen LogP contribution is -2.47. The summed E-state index contributed by atoms with van der Waals surface area (Å²) in [5.74, 6) is 1.21. The minimum absolute atomic E-state index is 0.194. The van der Waals surface area contributed by atoms with Crippen LogP contribution in [0.25, 0.3) is 10.8 Å². The number of hydrazine groups is 1. The molecule has 0 aliphatic carbocycles. The van der Waals surface area contributed by atoms with E-state index in [0.29, 0.717) is 30.3 Å². The van der Waals surface area contributed by atoms with Gasteiger partial charge in [-0.05, 0) is 36.2 Å². The maximum absolute atomic E-state index is 12.2. The Labute approximate surface area is 175 Å². The zero-order valence-electron chi connectivity index (χ0n) is 17.3. The van der Waals surface area contributed by atoms with Gasteiger partial charge >= 0.3 is 0 Å². The van der Waals surface area contributed by atoms with Gasteiger partial charge in [-0.25, -0.2) is 0 Å². The van der Waals surface area contributed by atoms with Crippen molar-refractivity contribution in [2.24, 2.45) is 0 Å². The number of benzene rings is 2. The van der Waals surface area contributed by atoms with Gasteiger partial charge in [0.1, 0.15) is 5.75 Å². The Bertz CT molecular complexity index is 1020. The van der Waals surface area contributed by atoms with Crippen molar-refractivity contribution in [2.75, 3.05) is 0 Å². The zero-order valence-corrected chi connectivity index (χ0v) is 17.3. The highest BCUT2D eigenvalue weighted by atomic mass is 16.5. The van der Waals surface area contributed by atoms with Crippen LogP contribution in [0.1, 0.15) is 51.2 Å². The lowest BCUT2D eigenvalue weighted by Gasteiger charge is -2.15. The van der Waals surface area contributed by atoms with E-state index in [0.717, 1.165) is 10.8 Å². The van der Waals surface area contributed by atoms with Crippen LogP contribution in [-0.2, 0) is 16.0 Å². The first-order valence-electron chi connectivity index (χ1n) is 9.99. The average molecular weight is 410 g/mol. The SMILES string of the molecule is CC(Oc1ccc2ccccc2c1)C(=O)NNC(=O)CCCc1nc(C(C)C)no1. The number of nitrogens with zero attached hydrogens (tertiary/aromatic N) is 2. The molecule has 2 N–H and O–H groups in total. The van der Waals surface area contributed by atoms with Gasteiger partial charge in [0.15, 0.2) is 11.9 Å². The van der Waals surface area contributed by atoms with Crippen LogP contribution in [0.15, 0.2) is 47.0 Å². The van der Waals surface area contributed by atoms with Crippen LogP contribution in [0.2, 0.25) is 0 Å². The molecule has 3 rings (SSSR count). The predicted octanol–water partition coefficient (Wildman–Crippen LogP) is 3.28. The van der Waals surface area contributed by atoms with Crippen molar-refractivity contribution >= 4 is 22.6 Å². The van der Waals surface area contributed by atoms with Gasteiger partial charge in [-0.15, -0.1) is 0 Å². The summed E-state index contributed by atoms with van der Waals surface area (Å²) in [6, 6.07) is 13.5. The van der Waals surface area contributed by atoms with E-state index in [1.165, 1.54) is 0 Å². The summed E-state index contributed by atoms with van der Waals surface area (Å²) >= 11 is 0. The fourth-order valence-electron chi connectivity index (χ4n) is 2.80. The molecule has 0 saturated carbocycles. The van der Waals surface area contributed by atoms with Crippen LogP contribution in [0.3, 0.4) is 0 Å². The summed E-state index contributed by atoms with van der Waals surface area (Å²) in [4.78, 5) is 28.4. The molecule has 8 heteroatoms. The highest BCUT2D eigenvalue weighted by Crippen LogP contribution is 2.21. The molecule has 30 heavy (non-hydrogen) atoms. The van der Waals surface area contributed by atoms with Gasteiger partial charge < -0.3 is 9.26 Å². The third kappa shape index (κ3) is 5.79. The number of nitrogens with one attached hydrogen (secondary N) is 2. The topological polar surface area (TPSA) is 106 Å². The van der Waals surface area contributed by atoms with E-state index in [2.05, 4.69) is 21.0 Å². The highest BCUT2D eigenvalue weighted by molar-refractivity contribution is 5.85. The molecule has 2 amide bonds. The van der Waals surface area contributed by atoms with Crippen molar-refractivity contribution in [1.82, 2.24) is 21.0 Å². The summed E-state index contributed by atoms with van der Waals surface area (Å²) in [6.07, 6.45) is 0.492. The quantitative estimate of drug-likeness (QED) is 0.552. The summed E-state index contributed by atoms with van der Waals surface area (Å²) in [5.41, 5.74) is 4.80. The number of ether oxygens (including phenoxy) is 1. The minimum atomic E-state index is -0.765. The van der Waals surface area contributed by atoms with E-state index in [9.17, 15) is 9.59 Å². The molecular formula is C22H26N4O4. The van der Waals surface area contributed by atoms with Crippen LogP contribution in [0, 0.1) is 0 Å². The van der Waals surface area contributed by atoms with Crippen molar-refractivity contribution < 1.29 is 18.8 Å². The Morgan fingerprint density at radius 3 is 2.57 bits per heavy atom. The smallest absolute Gasteiger partial charge is 0.279 e.